The van der Waals surface area contributed by atoms with E-state index in [4.69, 9.17) is 5.11 Å². The molecule has 0 amide bonds. The van der Waals surface area contributed by atoms with Gasteiger partial charge >= 0.3 is 5.97 Å². The van der Waals surface area contributed by atoms with Crippen molar-refractivity contribution in [1.82, 2.24) is 0 Å². The minimum Gasteiger partial charge on any atom is -0.478 e. The van der Waals surface area contributed by atoms with E-state index in [1.807, 2.05) is 0 Å². The van der Waals surface area contributed by atoms with Crippen LogP contribution in [0.15, 0.2) is 42.5 Å². The van der Waals surface area contributed by atoms with Crippen molar-refractivity contribution in [3.63, 3.8) is 0 Å². The lowest BCUT2D eigenvalue weighted by molar-refractivity contribution is 0.0697. The molecule has 2 nitrogen and oxygen atoms in total. The van der Waals surface area contributed by atoms with Crippen LogP contribution in [0.1, 0.15) is 10.4 Å². The first-order valence-electron chi connectivity index (χ1n) is 4.87. The Morgan fingerprint density at radius 1 is 1.00 bits per heavy atom. The number of aromatic carboxylic acids is 1. The molecule has 0 fully saturated rings. The van der Waals surface area contributed by atoms with Crippen molar-refractivity contribution in [2.75, 3.05) is 0 Å². The number of carboxylic acids is 1. The SMILES string of the molecule is O=C(O)c1ccc(F)c(-c2ccc(F)cc2)c1. The summed E-state index contributed by atoms with van der Waals surface area (Å²) in [5.74, 6) is -2.10. The molecule has 0 aromatic heterocycles. The number of benzene rings is 2. The van der Waals surface area contributed by atoms with Crippen LogP contribution in [0, 0.1) is 11.6 Å². The first kappa shape index (κ1) is 11.3. The monoisotopic (exact) mass is 234 g/mol. The summed E-state index contributed by atoms with van der Waals surface area (Å²) >= 11 is 0. The topological polar surface area (TPSA) is 37.3 Å². The molecule has 0 saturated heterocycles. The number of hydrogen-bond acceptors (Lipinski definition) is 1. The molecule has 0 bridgehead atoms. The van der Waals surface area contributed by atoms with Gasteiger partial charge in [0, 0.05) is 5.56 Å². The van der Waals surface area contributed by atoms with Crippen molar-refractivity contribution in [1.29, 1.82) is 0 Å². The van der Waals surface area contributed by atoms with Gasteiger partial charge in [-0.25, -0.2) is 13.6 Å². The maximum absolute atomic E-state index is 13.5. The molecule has 0 aliphatic rings. The van der Waals surface area contributed by atoms with E-state index < -0.39 is 17.6 Å². The fourth-order valence-corrected chi connectivity index (χ4v) is 1.51. The van der Waals surface area contributed by atoms with Crippen molar-refractivity contribution >= 4 is 5.97 Å². The standard InChI is InChI=1S/C13H8F2O2/c14-10-4-1-8(2-5-10)11-7-9(13(16)17)3-6-12(11)15/h1-7H,(H,16,17). The maximum Gasteiger partial charge on any atom is 0.335 e. The zero-order chi connectivity index (χ0) is 12.4. The first-order valence-corrected chi connectivity index (χ1v) is 4.87. The molecule has 0 spiro atoms. The summed E-state index contributed by atoms with van der Waals surface area (Å²) in [7, 11) is 0. The second-order valence-electron chi connectivity index (χ2n) is 3.51. The van der Waals surface area contributed by atoms with E-state index in [1.165, 1.54) is 36.4 Å². The third-order valence-corrected chi connectivity index (χ3v) is 2.37. The van der Waals surface area contributed by atoms with Gasteiger partial charge in [0.25, 0.3) is 0 Å². The van der Waals surface area contributed by atoms with Gasteiger partial charge in [-0.2, -0.15) is 0 Å². The summed E-state index contributed by atoms with van der Waals surface area (Å²) in [5.41, 5.74) is 0.572. The van der Waals surface area contributed by atoms with Gasteiger partial charge in [0.05, 0.1) is 5.56 Å². The summed E-state index contributed by atoms with van der Waals surface area (Å²) in [6, 6.07) is 8.70. The van der Waals surface area contributed by atoms with Crippen molar-refractivity contribution < 1.29 is 18.7 Å². The van der Waals surface area contributed by atoms with Crippen LogP contribution in [0.2, 0.25) is 0 Å². The second kappa shape index (κ2) is 4.33. The van der Waals surface area contributed by atoms with Crippen LogP contribution < -0.4 is 0 Å². The molecule has 86 valence electrons. The number of rotatable bonds is 2. The molecule has 0 heterocycles. The Morgan fingerprint density at radius 2 is 1.65 bits per heavy atom. The number of hydrogen-bond donors (Lipinski definition) is 1. The fraction of sp³-hybridized carbons (Fsp3) is 0. The molecule has 4 heteroatoms. The van der Waals surface area contributed by atoms with Crippen molar-refractivity contribution in [2.24, 2.45) is 0 Å². The predicted octanol–water partition coefficient (Wildman–Crippen LogP) is 3.33. The lowest BCUT2D eigenvalue weighted by atomic mass is 10.0. The van der Waals surface area contributed by atoms with Crippen LogP contribution in [0.25, 0.3) is 11.1 Å². The van der Waals surface area contributed by atoms with Crippen molar-refractivity contribution in [3.8, 4) is 11.1 Å². The highest BCUT2D eigenvalue weighted by atomic mass is 19.1. The highest BCUT2D eigenvalue weighted by Gasteiger charge is 2.10. The molecule has 2 aromatic rings. The van der Waals surface area contributed by atoms with E-state index in [-0.39, 0.29) is 11.1 Å². The molecule has 17 heavy (non-hydrogen) atoms. The van der Waals surface area contributed by atoms with Gasteiger partial charge in [-0.1, -0.05) is 12.1 Å². The number of carboxylic acid groups (broad SMARTS) is 1. The van der Waals surface area contributed by atoms with Gasteiger partial charge in [-0.3, -0.25) is 0 Å². The minimum absolute atomic E-state index is 0.00859. The summed E-state index contributed by atoms with van der Waals surface area (Å²) < 4.78 is 26.3. The zero-order valence-corrected chi connectivity index (χ0v) is 8.65. The number of carbonyl (C=O) groups is 1. The highest BCUT2D eigenvalue weighted by molar-refractivity contribution is 5.89. The average molecular weight is 234 g/mol. The molecular formula is C13H8F2O2. The third kappa shape index (κ3) is 2.30. The van der Waals surface area contributed by atoms with E-state index in [0.717, 1.165) is 6.07 Å². The van der Waals surface area contributed by atoms with E-state index in [2.05, 4.69) is 0 Å². The van der Waals surface area contributed by atoms with Crippen LogP contribution >= 0.6 is 0 Å². The van der Waals surface area contributed by atoms with Gasteiger partial charge in [0.1, 0.15) is 11.6 Å². The van der Waals surface area contributed by atoms with Gasteiger partial charge in [0.15, 0.2) is 0 Å². The molecule has 1 N–H and O–H groups in total. The lowest BCUT2D eigenvalue weighted by Gasteiger charge is -2.04. The normalized spacial score (nSPS) is 10.2. The van der Waals surface area contributed by atoms with Crippen LogP contribution in [0.4, 0.5) is 8.78 Å². The summed E-state index contributed by atoms with van der Waals surface area (Å²) in [5, 5.41) is 8.81. The number of halogens is 2. The van der Waals surface area contributed by atoms with Gasteiger partial charge in [-0.15, -0.1) is 0 Å². The van der Waals surface area contributed by atoms with Crippen LogP contribution in [-0.2, 0) is 0 Å². The Balaban J connectivity index is 2.54. The van der Waals surface area contributed by atoms with Crippen molar-refractivity contribution in [3.05, 3.63) is 59.7 Å². The van der Waals surface area contributed by atoms with Gasteiger partial charge in [-0.05, 0) is 35.9 Å². The Labute approximate surface area is 96.1 Å². The van der Waals surface area contributed by atoms with E-state index >= 15 is 0 Å². The first-order chi connectivity index (χ1) is 8.08. The molecule has 2 aromatic carbocycles. The van der Waals surface area contributed by atoms with E-state index in [1.54, 1.807) is 0 Å². The Bertz CT molecular complexity index is 562. The molecule has 0 saturated carbocycles. The lowest BCUT2D eigenvalue weighted by Crippen LogP contribution is -1.97. The fourth-order valence-electron chi connectivity index (χ4n) is 1.51. The van der Waals surface area contributed by atoms with E-state index in [9.17, 15) is 13.6 Å². The maximum atomic E-state index is 13.5. The Morgan fingerprint density at radius 3 is 2.24 bits per heavy atom. The van der Waals surface area contributed by atoms with Crippen molar-refractivity contribution in [2.45, 2.75) is 0 Å². The second-order valence-corrected chi connectivity index (χ2v) is 3.51. The zero-order valence-electron chi connectivity index (χ0n) is 8.65. The summed E-state index contributed by atoms with van der Waals surface area (Å²) in [6.07, 6.45) is 0. The molecule has 0 radical (unpaired) electrons. The van der Waals surface area contributed by atoms with Crippen LogP contribution in [-0.4, -0.2) is 11.1 Å². The molecule has 2 rings (SSSR count). The average Bonchev–Trinajstić information content (AvgIpc) is 2.31. The largest absolute Gasteiger partial charge is 0.478 e. The molecular weight excluding hydrogens is 226 g/mol. The minimum atomic E-state index is -1.13. The molecule has 0 aliphatic carbocycles. The van der Waals surface area contributed by atoms with Crippen LogP contribution in [0.3, 0.4) is 0 Å². The molecule has 0 unspecified atom stereocenters. The van der Waals surface area contributed by atoms with E-state index in [0.29, 0.717) is 5.56 Å². The summed E-state index contributed by atoms with van der Waals surface area (Å²) in [4.78, 5) is 10.8. The van der Waals surface area contributed by atoms with Crippen LogP contribution in [0.5, 0.6) is 0 Å². The van der Waals surface area contributed by atoms with Gasteiger partial charge in [0.2, 0.25) is 0 Å². The molecule has 0 aliphatic heterocycles. The molecule has 0 atom stereocenters. The summed E-state index contributed by atoms with van der Waals surface area (Å²) in [6.45, 7) is 0. The predicted molar refractivity (Wildman–Crippen MR) is 58.8 cm³/mol. The smallest absolute Gasteiger partial charge is 0.335 e. The highest BCUT2D eigenvalue weighted by Crippen LogP contribution is 2.24. The van der Waals surface area contributed by atoms with Gasteiger partial charge < -0.3 is 5.11 Å². The Kier molecular flexibility index (Phi) is 2.87. The quantitative estimate of drug-likeness (QED) is 0.865. The third-order valence-electron chi connectivity index (χ3n) is 2.37. The Hall–Kier alpha value is -2.23.